The van der Waals surface area contributed by atoms with E-state index in [-0.39, 0.29) is 13.0 Å². The summed E-state index contributed by atoms with van der Waals surface area (Å²) < 4.78 is 6.82. The molecule has 1 heterocycles. The highest BCUT2D eigenvalue weighted by molar-refractivity contribution is 5.66. The molecule has 13 heavy (non-hydrogen) atoms. The Labute approximate surface area is 75.9 Å². The van der Waals surface area contributed by atoms with Gasteiger partial charge in [-0.1, -0.05) is 0 Å². The van der Waals surface area contributed by atoms with Crippen molar-refractivity contribution in [2.45, 2.75) is 13.0 Å². The molecule has 0 aliphatic heterocycles. The van der Waals surface area contributed by atoms with Crippen LogP contribution in [0.25, 0.3) is 0 Å². The van der Waals surface area contributed by atoms with Gasteiger partial charge >= 0.3 is 5.97 Å². The lowest BCUT2D eigenvalue weighted by Crippen LogP contribution is -2.05. The van der Waals surface area contributed by atoms with E-state index in [1.165, 1.54) is 0 Å². The summed E-state index contributed by atoms with van der Waals surface area (Å²) in [6, 6.07) is 1.83. The van der Waals surface area contributed by atoms with Crippen molar-refractivity contribution >= 4 is 5.97 Å². The first-order chi connectivity index (χ1) is 6.20. The molecule has 0 amide bonds. The molecule has 1 aromatic rings. The highest BCUT2D eigenvalue weighted by Crippen LogP contribution is 1.98. The van der Waals surface area contributed by atoms with E-state index in [1.54, 1.807) is 10.9 Å². The van der Waals surface area contributed by atoms with Crippen LogP contribution in [0.2, 0.25) is 0 Å². The lowest BCUT2D eigenvalue weighted by molar-refractivity contribution is -0.138. The number of carboxylic acid groups (broad SMARTS) is 1. The van der Waals surface area contributed by atoms with Crippen molar-refractivity contribution in [3.05, 3.63) is 18.0 Å². The van der Waals surface area contributed by atoms with Crippen molar-refractivity contribution in [1.29, 1.82) is 0 Å². The molecule has 0 radical (unpaired) electrons. The average molecular weight is 184 g/mol. The van der Waals surface area contributed by atoms with Gasteiger partial charge in [-0.25, -0.2) is 0 Å². The summed E-state index contributed by atoms with van der Waals surface area (Å²) in [5.41, 5.74) is 0.936. The summed E-state index contributed by atoms with van der Waals surface area (Å²) >= 11 is 0. The average Bonchev–Trinajstić information content (AvgIpc) is 2.45. The van der Waals surface area contributed by atoms with Crippen LogP contribution >= 0.6 is 0 Å². The quantitative estimate of drug-likeness (QED) is 0.673. The number of rotatable bonds is 5. The number of carbonyl (C=O) groups is 1. The van der Waals surface area contributed by atoms with Crippen LogP contribution in [0.4, 0.5) is 0 Å². The zero-order valence-electron chi connectivity index (χ0n) is 7.43. The Morgan fingerprint density at radius 1 is 1.77 bits per heavy atom. The van der Waals surface area contributed by atoms with Gasteiger partial charge < -0.3 is 9.84 Å². The lowest BCUT2D eigenvalue weighted by atomic mass is 10.4. The number of ether oxygens (including phenoxy) is 1. The fourth-order valence-corrected chi connectivity index (χ4v) is 0.879. The normalized spacial score (nSPS) is 10.2. The van der Waals surface area contributed by atoms with Gasteiger partial charge in [0.1, 0.15) is 0 Å². The zero-order chi connectivity index (χ0) is 9.68. The second-order valence-corrected chi connectivity index (χ2v) is 2.64. The first kappa shape index (κ1) is 9.73. The number of aliphatic carboxylic acids is 1. The summed E-state index contributed by atoms with van der Waals surface area (Å²) in [6.45, 7) is 0.643. The summed E-state index contributed by atoms with van der Waals surface area (Å²) in [6.07, 6.45) is 1.72. The molecule has 0 aliphatic carbocycles. The van der Waals surface area contributed by atoms with Crippen molar-refractivity contribution in [2.24, 2.45) is 7.05 Å². The van der Waals surface area contributed by atoms with Gasteiger partial charge in [0.15, 0.2) is 0 Å². The van der Waals surface area contributed by atoms with Gasteiger partial charge in [0.05, 0.1) is 25.3 Å². The Balaban J connectivity index is 2.20. The number of hydrogen-bond acceptors (Lipinski definition) is 3. The Morgan fingerprint density at radius 3 is 3.08 bits per heavy atom. The first-order valence-corrected chi connectivity index (χ1v) is 3.96. The van der Waals surface area contributed by atoms with E-state index < -0.39 is 5.97 Å². The molecule has 1 N–H and O–H groups in total. The predicted octanol–water partition coefficient (Wildman–Crippen LogP) is 0.411. The molecule has 1 rings (SSSR count). The monoisotopic (exact) mass is 184 g/mol. The second-order valence-electron chi connectivity index (χ2n) is 2.64. The third-order valence-electron chi connectivity index (χ3n) is 1.63. The minimum Gasteiger partial charge on any atom is -0.481 e. The number of carboxylic acids is 1. The van der Waals surface area contributed by atoms with Gasteiger partial charge in [-0.2, -0.15) is 5.10 Å². The molecule has 0 bridgehead atoms. The topological polar surface area (TPSA) is 64.4 Å². The third-order valence-corrected chi connectivity index (χ3v) is 1.63. The molecule has 0 saturated carbocycles. The second kappa shape index (κ2) is 4.61. The van der Waals surface area contributed by atoms with Crippen LogP contribution in [0.3, 0.4) is 0 Å². The Hall–Kier alpha value is -1.36. The van der Waals surface area contributed by atoms with Gasteiger partial charge in [0, 0.05) is 13.2 Å². The number of aromatic nitrogens is 2. The largest absolute Gasteiger partial charge is 0.481 e. The van der Waals surface area contributed by atoms with E-state index in [2.05, 4.69) is 5.10 Å². The number of nitrogens with zero attached hydrogens (tertiary/aromatic N) is 2. The fraction of sp³-hybridized carbons (Fsp3) is 0.500. The SMILES string of the molecule is Cn1nccc1COCCC(=O)O. The first-order valence-electron chi connectivity index (χ1n) is 3.96. The van der Waals surface area contributed by atoms with E-state index in [0.29, 0.717) is 6.61 Å². The molecule has 0 fully saturated rings. The van der Waals surface area contributed by atoms with Gasteiger partial charge in [0.2, 0.25) is 0 Å². The lowest BCUT2D eigenvalue weighted by Gasteiger charge is -2.02. The minimum atomic E-state index is -0.843. The fourth-order valence-electron chi connectivity index (χ4n) is 0.879. The maximum atomic E-state index is 10.1. The Morgan fingerprint density at radius 2 is 2.54 bits per heavy atom. The van der Waals surface area contributed by atoms with Crippen LogP contribution in [0.15, 0.2) is 12.3 Å². The standard InChI is InChI=1S/C8H12N2O3/c1-10-7(2-4-9-10)6-13-5-3-8(11)12/h2,4H,3,5-6H2,1H3,(H,11,12). The molecule has 1 aromatic heterocycles. The molecule has 5 nitrogen and oxygen atoms in total. The maximum absolute atomic E-state index is 10.1. The van der Waals surface area contributed by atoms with Crippen molar-refractivity contribution in [1.82, 2.24) is 9.78 Å². The molecule has 0 saturated heterocycles. The van der Waals surface area contributed by atoms with E-state index in [1.807, 2.05) is 13.1 Å². The Bertz CT molecular complexity index is 283. The molecule has 0 aliphatic rings. The van der Waals surface area contributed by atoms with Gasteiger partial charge in [-0.3, -0.25) is 9.48 Å². The van der Waals surface area contributed by atoms with Gasteiger partial charge in [0.25, 0.3) is 0 Å². The third kappa shape index (κ3) is 3.25. The summed E-state index contributed by atoms with van der Waals surface area (Å²) in [5.74, 6) is -0.843. The van der Waals surface area contributed by atoms with Crippen molar-refractivity contribution in [2.75, 3.05) is 6.61 Å². The molecular formula is C8H12N2O3. The van der Waals surface area contributed by atoms with Crippen molar-refractivity contribution < 1.29 is 14.6 Å². The van der Waals surface area contributed by atoms with Crippen molar-refractivity contribution in [3.8, 4) is 0 Å². The van der Waals surface area contributed by atoms with E-state index >= 15 is 0 Å². The zero-order valence-corrected chi connectivity index (χ0v) is 7.43. The van der Waals surface area contributed by atoms with E-state index in [9.17, 15) is 4.79 Å². The van der Waals surface area contributed by atoms with Gasteiger partial charge in [-0.05, 0) is 6.07 Å². The Kier molecular flexibility index (Phi) is 3.45. The van der Waals surface area contributed by atoms with Crippen LogP contribution < -0.4 is 0 Å². The molecule has 0 aromatic carbocycles. The molecule has 0 atom stereocenters. The smallest absolute Gasteiger partial charge is 0.305 e. The summed E-state index contributed by atoms with van der Waals surface area (Å²) in [7, 11) is 1.82. The molecule has 72 valence electrons. The molecule has 0 unspecified atom stereocenters. The van der Waals surface area contributed by atoms with Crippen LogP contribution in [0.5, 0.6) is 0 Å². The molecule has 0 spiro atoms. The molecule has 5 heteroatoms. The minimum absolute atomic E-state index is 0.0395. The summed E-state index contributed by atoms with van der Waals surface area (Å²) in [5, 5.41) is 12.3. The maximum Gasteiger partial charge on any atom is 0.305 e. The van der Waals surface area contributed by atoms with E-state index in [4.69, 9.17) is 9.84 Å². The van der Waals surface area contributed by atoms with Crippen LogP contribution in [-0.2, 0) is 23.2 Å². The molecular weight excluding hydrogens is 172 g/mol. The number of hydrogen-bond donors (Lipinski definition) is 1. The highest BCUT2D eigenvalue weighted by atomic mass is 16.5. The van der Waals surface area contributed by atoms with E-state index in [0.717, 1.165) is 5.69 Å². The highest BCUT2D eigenvalue weighted by Gasteiger charge is 1.99. The summed E-state index contributed by atoms with van der Waals surface area (Å²) in [4.78, 5) is 10.1. The van der Waals surface area contributed by atoms with Crippen LogP contribution in [0, 0.1) is 0 Å². The van der Waals surface area contributed by atoms with Crippen LogP contribution in [0.1, 0.15) is 12.1 Å². The predicted molar refractivity (Wildman–Crippen MR) is 45.1 cm³/mol. The number of aryl methyl sites for hydroxylation is 1. The van der Waals surface area contributed by atoms with Crippen LogP contribution in [-0.4, -0.2) is 27.5 Å². The van der Waals surface area contributed by atoms with Gasteiger partial charge in [-0.15, -0.1) is 0 Å². The van der Waals surface area contributed by atoms with Crippen molar-refractivity contribution in [3.63, 3.8) is 0 Å².